The maximum Gasteiger partial charge on any atom is 0.163 e. The van der Waals surface area contributed by atoms with Crippen LogP contribution in [0.25, 0.3) is 33.4 Å². The van der Waals surface area contributed by atoms with Gasteiger partial charge in [-0.2, -0.15) is 0 Å². The number of benzene rings is 2. The second-order valence-corrected chi connectivity index (χ2v) is 8.41. The third-order valence-corrected chi connectivity index (χ3v) is 5.86. The lowest BCUT2D eigenvalue weighted by Crippen LogP contribution is -2.07. The first kappa shape index (κ1) is 20.9. The molecule has 0 fully saturated rings. The summed E-state index contributed by atoms with van der Waals surface area (Å²) in [4.78, 5) is 18.6. The van der Waals surface area contributed by atoms with Crippen molar-refractivity contribution in [2.24, 2.45) is 5.14 Å². The molecule has 1 atom stereocenters. The van der Waals surface area contributed by atoms with E-state index in [-0.39, 0.29) is 0 Å². The second-order valence-electron chi connectivity index (χ2n) is 7.34. The number of pyridine rings is 2. The highest BCUT2D eigenvalue weighted by Crippen LogP contribution is 2.34. The van der Waals surface area contributed by atoms with Crippen molar-refractivity contribution < 1.29 is 4.21 Å². The molecule has 0 saturated heterocycles. The monoisotopic (exact) mass is 452 g/mol. The lowest BCUT2D eigenvalue weighted by molar-refractivity contribution is 0.684. The van der Waals surface area contributed by atoms with Crippen molar-refractivity contribution in [1.29, 1.82) is 0 Å². The predicted octanol–water partition coefficient (Wildman–Crippen LogP) is 4.35. The lowest BCUT2D eigenvalue weighted by atomic mass is 10.0. The Morgan fingerprint density at radius 1 is 0.879 bits per heavy atom. The first-order valence-electron chi connectivity index (χ1n) is 10.3. The third kappa shape index (κ3) is 4.48. The Bertz CT molecular complexity index is 1440. The Morgan fingerprint density at radius 2 is 1.73 bits per heavy atom. The van der Waals surface area contributed by atoms with Crippen LogP contribution in [-0.4, -0.2) is 24.1 Å². The zero-order valence-corrected chi connectivity index (χ0v) is 18.4. The molecule has 0 aliphatic heterocycles. The van der Waals surface area contributed by atoms with E-state index >= 15 is 0 Å². The molecule has 5 rings (SSSR count). The van der Waals surface area contributed by atoms with Crippen molar-refractivity contribution in [3.63, 3.8) is 0 Å². The second kappa shape index (κ2) is 9.23. The Kier molecular flexibility index (Phi) is 5.84. The van der Waals surface area contributed by atoms with Gasteiger partial charge in [0, 0.05) is 24.2 Å². The molecule has 0 radical (unpaired) electrons. The summed E-state index contributed by atoms with van der Waals surface area (Å²) in [7, 11) is -1.64. The number of anilines is 1. The normalized spacial score (nSPS) is 11.9. The average molecular weight is 453 g/mol. The van der Waals surface area contributed by atoms with Crippen LogP contribution in [-0.2, 0) is 17.5 Å². The molecule has 0 saturated carbocycles. The molecule has 2 aromatic carbocycles. The van der Waals surface area contributed by atoms with Crippen molar-refractivity contribution in [2.75, 3.05) is 5.32 Å². The molecular weight excluding hydrogens is 432 g/mol. The molecule has 0 spiro atoms. The van der Waals surface area contributed by atoms with Gasteiger partial charge in [-0.25, -0.2) is 19.3 Å². The van der Waals surface area contributed by atoms with Gasteiger partial charge in [0.05, 0.1) is 28.0 Å². The molecule has 0 amide bonds. The smallest absolute Gasteiger partial charge is 0.163 e. The van der Waals surface area contributed by atoms with Gasteiger partial charge in [-0.3, -0.25) is 9.97 Å². The number of nitrogens with zero attached hydrogens (tertiary/aromatic N) is 4. The highest BCUT2D eigenvalue weighted by molar-refractivity contribution is 7.82. The quantitative estimate of drug-likeness (QED) is 0.397. The average Bonchev–Trinajstić information content (AvgIpc) is 2.88. The van der Waals surface area contributed by atoms with E-state index in [1.54, 1.807) is 18.5 Å². The van der Waals surface area contributed by atoms with Crippen LogP contribution >= 0.6 is 0 Å². The molecule has 0 aliphatic rings. The van der Waals surface area contributed by atoms with E-state index in [9.17, 15) is 4.21 Å². The van der Waals surface area contributed by atoms with Crippen LogP contribution in [0.5, 0.6) is 0 Å². The first-order valence-corrected chi connectivity index (χ1v) is 11.5. The highest BCUT2D eigenvalue weighted by Gasteiger charge is 2.15. The molecule has 33 heavy (non-hydrogen) atoms. The molecule has 3 N–H and O–H groups in total. The summed E-state index contributed by atoms with van der Waals surface area (Å²) in [6.07, 6.45) is 4.88. The van der Waals surface area contributed by atoms with Gasteiger partial charge in [0.2, 0.25) is 0 Å². The molecule has 3 aromatic heterocycles. The number of hydrogen-bond donors (Lipinski definition) is 2. The third-order valence-electron chi connectivity index (χ3n) is 5.17. The van der Waals surface area contributed by atoms with Crippen LogP contribution in [0.15, 0.2) is 96.3 Å². The van der Waals surface area contributed by atoms with E-state index in [0.29, 0.717) is 28.6 Å². The Labute approximate surface area is 193 Å². The van der Waals surface area contributed by atoms with E-state index in [0.717, 1.165) is 27.7 Å². The van der Waals surface area contributed by atoms with Crippen LogP contribution in [0.4, 0.5) is 5.82 Å². The topological polar surface area (TPSA) is 107 Å². The number of aromatic nitrogens is 4. The Morgan fingerprint density at radius 3 is 2.52 bits per heavy atom. The van der Waals surface area contributed by atoms with Gasteiger partial charge in [0.15, 0.2) is 5.82 Å². The number of nitrogens with one attached hydrogen (secondary N) is 1. The van der Waals surface area contributed by atoms with Crippen LogP contribution in [0.1, 0.15) is 5.69 Å². The van der Waals surface area contributed by atoms with E-state index in [2.05, 4.69) is 33.5 Å². The summed E-state index contributed by atoms with van der Waals surface area (Å²) in [5.74, 6) is 1.15. The van der Waals surface area contributed by atoms with Crippen LogP contribution < -0.4 is 10.5 Å². The Balaban J connectivity index is 1.68. The van der Waals surface area contributed by atoms with Crippen molar-refractivity contribution in [2.45, 2.75) is 11.4 Å². The van der Waals surface area contributed by atoms with E-state index in [1.165, 1.54) is 6.20 Å². The van der Waals surface area contributed by atoms with E-state index in [1.807, 2.05) is 48.5 Å². The minimum atomic E-state index is -1.64. The van der Waals surface area contributed by atoms with Crippen LogP contribution in [0, 0.1) is 0 Å². The molecule has 0 aliphatic carbocycles. The first-order chi connectivity index (χ1) is 16.2. The zero-order chi connectivity index (χ0) is 22.6. The van der Waals surface area contributed by atoms with Crippen molar-refractivity contribution in [1.82, 2.24) is 19.9 Å². The zero-order valence-electron chi connectivity index (χ0n) is 17.6. The molecule has 7 nitrogen and oxygen atoms in total. The molecular formula is C25H20N6OS. The van der Waals surface area contributed by atoms with Gasteiger partial charge in [0.25, 0.3) is 0 Å². The fourth-order valence-corrected chi connectivity index (χ4v) is 4.03. The maximum absolute atomic E-state index is 11.8. The summed E-state index contributed by atoms with van der Waals surface area (Å²) in [5.41, 5.74) is 4.41. The summed E-state index contributed by atoms with van der Waals surface area (Å²) in [5, 5.41) is 9.90. The molecule has 0 bridgehead atoms. The molecule has 8 heteroatoms. The molecule has 162 valence electrons. The maximum atomic E-state index is 11.8. The van der Waals surface area contributed by atoms with Gasteiger partial charge in [0.1, 0.15) is 16.8 Å². The minimum absolute atomic E-state index is 0.414. The van der Waals surface area contributed by atoms with Crippen molar-refractivity contribution >= 4 is 27.7 Å². The summed E-state index contributed by atoms with van der Waals surface area (Å²) < 4.78 is 11.8. The fourth-order valence-electron chi connectivity index (χ4n) is 3.63. The number of nitrogens with two attached hydrogens (primary N) is 1. The fraction of sp³-hybridized carbons (Fsp3) is 0.0400. The number of fused-ring (bicyclic) bond motifs is 1. The lowest BCUT2D eigenvalue weighted by Gasteiger charge is -2.14. The summed E-state index contributed by atoms with van der Waals surface area (Å²) >= 11 is 0. The van der Waals surface area contributed by atoms with Crippen LogP contribution in [0.3, 0.4) is 0 Å². The largest absolute Gasteiger partial charge is 0.364 e. The van der Waals surface area contributed by atoms with E-state index < -0.39 is 11.0 Å². The van der Waals surface area contributed by atoms with Gasteiger partial charge in [-0.05, 0) is 35.4 Å². The molecule has 5 aromatic rings. The predicted molar refractivity (Wildman–Crippen MR) is 130 cm³/mol. The van der Waals surface area contributed by atoms with Gasteiger partial charge >= 0.3 is 0 Å². The number of hydrogen-bond acceptors (Lipinski definition) is 6. The molecule has 1 unspecified atom stereocenters. The summed E-state index contributed by atoms with van der Waals surface area (Å²) in [6, 6.07) is 23.6. The Hall–Kier alpha value is -4.01. The SMILES string of the molecule is NS(=O)c1cncc(-c2nc(NCc3ccccn3)c3c(-c4ccccc4)cccc3n2)c1. The van der Waals surface area contributed by atoms with Gasteiger partial charge in [-0.15, -0.1) is 0 Å². The van der Waals surface area contributed by atoms with Crippen LogP contribution in [0.2, 0.25) is 0 Å². The number of rotatable bonds is 6. The molecule has 3 heterocycles. The minimum Gasteiger partial charge on any atom is -0.364 e. The van der Waals surface area contributed by atoms with E-state index in [4.69, 9.17) is 15.1 Å². The standard InChI is InChI=1S/C25H20N6OS/c26-33(32)20-13-18(14-27-16-20)24-30-22-11-6-10-21(17-7-2-1-3-8-17)23(22)25(31-24)29-15-19-9-4-5-12-28-19/h1-14,16H,15,26H2,(H,29,30,31). The van der Waals surface area contributed by atoms with Gasteiger partial charge < -0.3 is 5.32 Å². The van der Waals surface area contributed by atoms with Crippen molar-refractivity contribution in [3.05, 3.63) is 97.1 Å². The van der Waals surface area contributed by atoms with Crippen molar-refractivity contribution in [3.8, 4) is 22.5 Å². The summed E-state index contributed by atoms with van der Waals surface area (Å²) in [6.45, 7) is 0.501. The highest BCUT2D eigenvalue weighted by atomic mass is 32.2. The van der Waals surface area contributed by atoms with Gasteiger partial charge in [-0.1, -0.05) is 48.5 Å².